The quantitative estimate of drug-likeness (QED) is 0.558. The summed E-state index contributed by atoms with van der Waals surface area (Å²) in [6, 6.07) is -0.534. The molecule has 1 atom stereocenters. The number of carbonyl (C=O) groups is 1. The molecule has 0 bridgehead atoms. The van der Waals surface area contributed by atoms with Crippen molar-refractivity contribution in [2.45, 2.75) is 26.8 Å². The van der Waals surface area contributed by atoms with Gasteiger partial charge in [0.15, 0.2) is 0 Å². The Balaban J connectivity index is 3.98. The Labute approximate surface area is 79.0 Å². The van der Waals surface area contributed by atoms with Crippen LogP contribution in [-0.2, 0) is 4.79 Å². The summed E-state index contributed by atoms with van der Waals surface area (Å²) in [5.74, 6) is 0.0433. The molecule has 0 heterocycles. The highest BCUT2D eigenvalue weighted by atomic mass is 16.3. The van der Waals surface area contributed by atoms with Gasteiger partial charge in [0, 0.05) is 5.92 Å². The molecule has 4 heteroatoms. The van der Waals surface area contributed by atoms with Gasteiger partial charge in [0.05, 0.1) is 19.3 Å². The van der Waals surface area contributed by atoms with Gasteiger partial charge in [-0.2, -0.15) is 0 Å². The normalized spacial score (nSPS) is 13.5. The predicted molar refractivity (Wildman–Crippen MR) is 50.1 cm³/mol. The van der Waals surface area contributed by atoms with Crippen LogP contribution in [0, 0.1) is 11.8 Å². The Kier molecular flexibility index (Phi) is 5.66. The third kappa shape index (κ3) is 4.24. The molecule has 0 spiro atoms. The van der Waals surface area contributed by atoms with Crippen LogP contribution >= 0.6 is 0 Å². The Hall–Kier alpha value is -0.610. The molecule has 0 saturated heterocycles. The van der Waals surface area contributed by atoms with E-state index in [9.17, 15) is 4.79 Å². The van der Waals surface area contributed by atoms with Crippen LogP contribution in [0.25, 0.3) is 0 Å². The van der Waals surface area contributed by atoms with E-state index in [2.05, 4.69) is 5.32 Å². The lowest BCUT2D eigenvalue weighted by Crippen LogP contribution is -2.43. The number of aliphatic hydroxyl groups is 2. The van der Waals surface area contributed by atoms with Gasteiger partial charge >= 0.3 is 0 Å². The molecule has 78 valence electrons. The van der Waals surface area contributed by atoms with Gasteiger partial charge in [-0.1, -0.05) is 20.8 Å². The number of rotatable bonds is 5. The third-order valence-corrected chi connectivity index (χ3v) is 2.20. The fourth-order valence-electron chi connectivity index (χ4n) is 0.784. The summed E-state index contributed by atoms with van der Waals surface area (Å²) in [6.07, 6.45) is 0. The Morgan fingerprint density at radius 3 is 2.00 bits per heavy atom. The minimum atomic E-state index is -0.534. The van der Waals surface area contributed by atoms with Crippen LogP contribution in [0.4, 0.5) is 0 Å². The number of nitrogens with one attached hydrogen (secondary N) is 1. The van der Waals surface area contributed by atoms with E-state index >= 15 is 0 Å². The average molecular weight is 189 g/mol. The van der Waals surface area contributed by atoms with Crippen molar-refractivity contribution < 1.29 is 15.0 Å². The number of amides is 1. The summed E-state index contributed by atoms with van der Waals surface area (Å²) in [5, 5.41) is 20.0. The largest absolute Gasteiger partial charge is 0.394 e. The van der Waals surface area contributed by atoms with Gasteiger partial charge in [-0.25, -0.2) is 0 Å². The van der Waals surface area contributed by atoms with Crippen LogP contribution < -0.4 is 5.32 Å². The first-order valence-corrected chi connectivity index (χ1v) is 4.55. The number of hydrogen-bond donors (Lipinski definition) is 3. The van der Waals surface area contributed by atoms with Crippen LogP contribution in [0.1, 0.15) is 20.8 Å². The summed E-state index contributed by atoms with van der Waals surface area (Å²) in [6.45, 7) is 5.28. The smallest absolute Gasteiger partial charge is 0.223 e. The van der Waals surface area contributed by atoms with Crippen LogP contribution in [0.15, 0.2) is 0 Å². The summed E-state index contributed by atoms with van der Waals surface area (Å²) >= 11 is 0. The zero-order valence-electron chi connectivity index (χ0n) is 8.45. The summed E-state index contributed by atoms with van der Waals surface area (Å²) in [5.41, 5.74) is 0. The van der Waals surface area contributed by atoms with E-state index in [-0.39, 0.29) is 31.0 Å². The molecule has 0 aliphatic carbocycles. The molecular formula is C9H19NO3. The lowest BCUT2D eigenvalue weighted by atomic mass is 9.97. The van der Waals surface area contributed by atoms with Crippen molar-refractivity contribution in [1.29, 1.82) is 0 Å². The molecule has 0 aliphatic heterocycles. The second-order valence-electron chi connectivity index (χ2n) is 3.60. The molecule has 0 aromatic heterocycles. The lowest BCUT2D eigenvalue weighted by Gasteiger charge is -2.19. The van der Waals surface area contributed by atoms with Gasteiger partial charge in [0.1, 0.15) is 0 Å². The second-order valence-corrected chi connectivity index (χ2v) is 3.60. The summed E-state index contributed by atoms with van der Waals surface area (Å²) in [7, 11) is 0. The number of aliphatic hydroxyl groups excluding tert-OH is 2. The van der Waals surface area contributed by atoms with Crippen LogP contribution in [0.3, 0.4) is 0 Å². The van der Waals surface area contributed by atoms with Gasteiger partial charge in [-0.05, 0) is 5.92 Å². The van der Waals surface area contributed by atoms with Crippen LogP contribution in [0.5, 0.6) is 0 Å². The predicted octanol–water partition coefficient (Wildman–Crippen LogP) is -0.252. The van der Waals surface area contributed by atoms with Crippen molar-refractivity contribution in [3.8, 4) is 0 Å². The van der Waals surface area contributed by atoms with Crippen molar-refractivity contribution >= 4 is 5.91 Å². The van der Waals surface area contributed by atoms with Gasteiger partial charge in [-0.3, -0.25) is 4.79 Å². The Morgan fingerprint density at radius 2 is 1.69 bits per heavy atom. The molecule has 0 fully saturated rings. The Bertz CT molecular complexity index is 155. The SMILES string of the molecule is CC(C)C(C)C(=O)NC(CO)CO. The van der Waals surface area contributed by atoms with E-state index < -0.39 is 6.04 Å². The molecule has 0 rings (SSSR count). The molecule has 3 N–H and O–H groups in total. The van der Waals surface area contributed by atoms with E-state index in [1.54, 1.807) is 0 Å². The summed E-state index contributed by atoms with van der Waals surface area (Å²) in [4.78, 5) is 11.4. The molecule has 1 unspecified atom stereocenters. The van der Waals surface area contributed by atoms with Crippen molar-refractivity contribution in [2.75, 3.05) is 13.2 Å². The molecular weight excluding hydrogens is 170 g/mol. The van der Waals surface area contributed by atoms with Gasteiger partial charge in [0.25, 0.3) is 0 Å². The second kappa shape index (κ2) is 5.94. The monoisotopic (exact) mass is 189 g/mol. The zero-order chi connectivity index (χ0) is 10.4. The van der Waals surface area contributed by atoms with Crippen molar-refractivity contribution in [3.63, 3.8) is 0 Å². The minimum Gasteiger partial charge on any atom is -0.394 e. The molecule has 0 aromatic carbocycles. The maximum absolute atomic E-state index is 11.4. The maximum Gasteiger partial charge on any atom is 0.223 e. The highest BCUT2D eigenvalue weighted by molar-refractivity contribution is 5.78. The first kappa shape index (κ1) is 12.4. The molecule has 0 radical (unpaired) electrons. The topological polar surface area (TPSA) is 69.6 Å². The Morgan fingerprint density at radius 1 is 1.23 bits per heavy atom. The highest BCUT2D eigenvalue weighted by Crippen LogP contribution is 2.09. The van der Waals surface area contributed by atoms with Gasteiger partial charge in [0.2, 0.25) is 5.91 Å². The van der Waals surface area contributed by atoms with Gasteiger partial charge < -0.3 is 15.5 Å². The minimum absolute atomic E-state index is 0.0967. The van der Waals surface area contributed by atoms with Crippen LogP contribution in [0.2, 0.25) is 0 Å². The number of hydrogen-bond acceptors (Lipinski definition) is 3. The first-order valence-electron chi connectivity index (χ1n) is 4.55. The van der Waals surface area contributed by atoms with E-state index in [0.717, 1.165) is 0 Å². The van der Waals surface area contributed by atoms with Crippen LogP contribution in [-0.4, -0.2) is 35.4 Å². The van der Waals surface area contributed by atoms with E-state index in [0.29, 0.717) is 0 Å². The fourth-order valence-corrected chi connectivity index (χ4v) is 0.784. The fraction of sp³-hybridized carbons (Fsp3) is 0.889. The zero-order valence-corrected chi connectivity index (χ0v) is 8.45. The lowest BCUT2D eigenvalue weighted by molar-refractivity contribution is -0.127. The first-order chi connectivity index (χ1) is 6.02. The molecule has 0 aromatic rings. The van der Waals surface area contributed by atoms with E-state index in [4.69, 9.17) is 10.2 Å². The molecule has 4 nitrogen and oxygen atoms in total. The van der Waals surface area contributed by atoms with Gasteiger partial charge in [-0.15, -0.1) is 0 Å². The molecule has 0 saturated carbocycles. The van der Waals surface area contributed by atoms with E-state index in [1.807, 2.05) is 20.8 Å². The number of carbonyl (C=O) groups excluding carboxylic acids is 1. The van der Waals surface area contributed by atoms with Crippen molar-refractivity contribution in [3.05, 3.63) is 0 Å². The maximum atomic E-state index is 11.4. The summed E-state index contributed by atoms with van der Waals surface area (Å²) < 4.78 is 0. The van der Waals surface area contributed by atoms with E-state index in [1.165, 1.54) is 0 Å². The van der Waals surface area contributed by atoms with Crippen molar-refractivity contribution in [2.24, 2.45) is 11.8 Å². The standard InChI is InChI=1S/C9H19NO3/c1-6(2)7(3)9(13)10-8(4-11)5-12/h6-8,11-12H,4-5H2,1-3H3,(H,10,13). The average Bonchev–Trinajstić information content (AvgIpc) is 2.12. The molecule has 13 heavy (non-hydrogen) atoms. The third-order valence-electron chi connectivity index (χ3n) is 2.20. The van der Waals surface area contributed by atoms with Crippen molar-refractivity contribution in [1.82, 2.24) is 5.32 Å². The highest BCUT2D eigenvalue weighted by Gasteiger charge is 2.18. The molecule has 1 amide bonds. The molecule has 0 aliphatic rings.